The number of hydrogen-bond donors (Lipinski definition) is 3. The summed E-state index contributed by atoms with van der Waals surface area (Å²) in [7, 11) is 0.362. The smallest absolute Gasteiger partial charge is 0.280 e. The molecular formula is C18H24FN6O4P. The molecule has 0 spiro atoms. The summed E-state index contributed by atoms with van der Waals surface area (Å²) in [6.07, 6.45) is 1.88. The molecule has 1 atom stereocenters. The molecule has 0 radical (unpaired) electrons. The van der Waals surface area contributed by atoms with Gasteiger partial charge in [-0.1, -0.05) is 13.0 Å². The van der Waals surface area contributed by atoms with E-state index in [1.807, 2.05) is 6.92 Å². The van der Waals surface area contributed by atoms with Crippen LogP contribution in [-0.2, 0) is 22.4 Å². The van der Waals surface area contributed by atoms with Crippen LogP contribution in [0.4, 0.5) is 10.3 Å². The van der Waals surface area contributed by atoms with Crippen LogP contribution in [0.2, 0.25) is 0 Å². The van der Waals surface area contributed by atoms with Crippen molar-refractivity contribution in [2.75, 3.05) is 32.3 Å². The standard InChI is InChI=1S/C18H24FN6O4P/c1-3-22-30(29-9-12-4-5-14(27-2)13(19)8-12)11-28-7-6-25-10-21-15-16(25)23-18(20)24-17(15)26/h4-5,8,10,22H,3,6-7,9,11H2,1-2H3,(H3,20,23,24,26). The summed E-state index contributed by atoms with van der Waals surface area (Å²) in [5.74, 6) is -0.196. The lowest BCUT2D eigenvalue weighted by atomic mass is 10.2. The molecule has 2 heterocycles. The fourth-order valence-corrected chi connectivity index (χ4v) is 3.91. The molecule has 1 aromatic carbocycles. The number of nitrogens with two attached hydrogens (primary N) is 1. The molecule has 30 heavy (non-hydrogen) atoms. The van der Waals surface area contributed by atoms with E-state index >= 15 is 0 Å². The Morgan fingerprint density at radius 1 is 1.40 bits per heavy atom. The van der Waals surface area contributed by atoms with Gasteiger partial charge in [-0.2, -0.15) is 4.98 Å². The zero-order valence-corrected chi connectivity index (χ0v) is 17.6. The van der Waals surface area contributed by atoms with Crippen LogP contribution in [0.15, 0.2) is 29.3 Å². The highest BCUT2D eigenvalue weighted by atomic mass is 31.2. The largest absolute Gasteiger partial charge is 0.494 e. The Bertz CT molecular complexity index is 1040. The fourth-order valence-electron chi connectivity index (χ4n) is 2.70. The van der Waals surface area contributed by atoms with Crippen LogP contribution in [0.25, 0.3) is 11.2 Å². The maximum Gasteiger partial charge on any atom is 0.280 e. The van der Waals surface area contributed by atoms with Gasteiger partial charge in [0.1, 0.15) is 14.6 Å². The molecule has 10 nitrogen and oxygen atoms in total. The van der Waals surface area contributed by atoms with Crippen molar-refractivity contribution in [1.82, 2.24) is 24.6 Å². The minimum absolute atomic E-state index is 0.0363. The third-order valence-electron chi connectivity index (χ3n) is 4.12. The zero-order valence-electron chi connectivity index (χ0n) is 16.7. The lowest BCUT2D eigenvalue weighted by molar-refractivity contribution is 0.159. The number of H-pyrrole nitrogens is 1. The van der Waals surface area contributed by atoms with Crippen LogP contribution in [0.3, 0.4) is 0 Å². The van der Waals surface area contributed by atoms with E-state index in [9.17, 15) is 9.18 Å². The van der Waals surface area contributed by atoms with Gasteiger partial charge in [-0.25, -0.2) is 9.37 Å². The predicted octanol–water partition coefficient (Wildman–Crippen LogP) is 1.96. The number of aromatic amines is 1. The van der Waals surface area contributed by atoms with Crippen LogP contribution in [0.5, 0.6) is 5.75 Å². The first-order valence-corrected chi connectivity index (χ1v) is 10.7. The minimum atomic E-state index is -1.06. The fraction of sp³-hybridized carbons (Fsp3) is 0.389. The number of fused-ring (bicyclic) bond motifs is 1. The van der Waals surface area contributed by atoms with Crippen molar-refractivity contribution in [2.45, 2.75) is 20.1 Å². The molecule has 0 fully saturated rings. The molecule has 162 valence electrons. The van der Waals surface area contributed by atoms with E-state index in [-0.39, 0.29) is 29.4 Å². The maximum absolute atomic E-state index is 13.8. The number of ether oxygens (including phenoxy) is 2. The Kier molecular flexibility index (Phi) is 7.69. The van der Waals surface area contributed by atoms with Crippen molar-refractivity contribution in [3.8, 4) is 5.75 Å². The SMILES string of the molecule is CCNP(COCCn1cnc2c(=O)[nH]c(N)nc21)OCc1ccc(OC)c(F)c1. The number of imidazole rings is 1. The molecule has 0 aliphatic rings. The Morgan fingerprint density at radius 3 is 2.97 bits per heavy atom. The summed E-state index contributed by atoms with van der Waals surface area (Å²) in [4.78, 5) is 22.4. The van der Waals surface area contributed by atoms with E-state index in [1.165, 1.54) is 19.5 Å². The van der Waals surface area contributed by atoms with Crippen LogP contribution >= 0.6 is 8.30 Å². The number of halogens is 1. The number of rotatable bonds is 11. The predicted molar refractivity (Wildman–Crippen MR) is 112 cm³/mol. The second-order valence-corrected chi connectivity index (χ2v) is 7.82. The quantitative estimate of drug-likeness (QED) is 0.306. The molecule has 3 rings (SSSR count). The van der Waals surface area contributed by atoms with E-state index in [2.05, 4.69) is 20.0 Å². The van der Waals surface area contributed by atoms with Crippen molar-refractivity contribution in [1.29, 1.82) is 0 Å². The molecule has 12 heteroatoms. The topological polar surface area (TPSA) is 129 Å². The van der Waals surface area contributed by atoms with Gasteiger partial charge in [0.05, 0.1) is 26.7 Å². The Morgan fingerprint density at radius 2 is 2.23 bits per heavy atom. The molecular weight excluding hydrogens is 414 g/mol. The van der Waals surface area contributed by atoms with Crippen molar-refractivity contribution < 1.29 is 18.4 Å². The van der Waals surface area contributed by atoms with E-state index < -0.39 is 14.1 Å². The first-order valence-electron chi connectivity index (χ1n) is 9.26. The molecule has 2 aromatic heterocycles. The van der Waals surface area contributed by atoms with Gasteiger partial charge >= 0.3 is 0 Å². The molecule has 0 aliphatic heterocycles. The average molecular weight is 438 g/mol. The van der Waals surface area contributed by atoms with Gasteiger partial charge < -0.3 is 24.3 Å². The van der Waals surface area contributed by atoms with E-state index in [1.54, 1.807) is 16.7 Å². The molecule has 1 unspecified atom stereocenters. The number of anilines is 1. The van der Waals surface area contributed by atoms with Gasteiger partial charge in [0.15, 0.2) is 22.7 Å². The van der Waals surface area contributed by atoms with E-state index in [0.29, 0.717) is 37.3 Å². The highest BCUT2D eigenvalue weighted by Crippen LogP contribution is 2.33. The van der Waals surface area contributed by atoms with Gasteiger partial charge in [-0.3, -0.25) is 14.9 Å². The Labute approximate surface area is 173 Å². The van der Waals surface area contributed by atoms with Crippen LogP contribution in [0.1, 0.15) is 12.5 Å². The Hall–Kier alpha value is -2.59. The van der Waals surface area contributed by atoms with Crippen molar-refractivity contribution in [3.05, 3.63) is 46.3 Å². The van der Waals surface area contributed by atoms with Crippen LogP contribution in [0, 0.1) is 5.82 Å². The molecule has 0 aliphatic carbocycles. The molecule has 3 aromatic rings. The number of nitrogens with one attached hydrogen (secondary N) is 2. The number of aromatic nitrogens is 4. The Balaban J connectivity index is 1.50. The van der Waals surface area contributed by atoms with Gasteiger partial charge in [-0.15, -0.1) is 0 Å². The van der Waals surface area contributed by atoms with Crippen LogP contribution in [-0.4, -0.2) is 46.1 Å². The number of methoxy groups -OCH3 is 1. The van der Waals surface area contributed by atoms with Crippen LogP contribution < -0.4 is 21.1 Å². The number of hydrogen-bond acceptors (Lipinski definition) is 8. The summed E-state index contributed by atoms with van der Waals surface area (Å²) in [5, 5.41) is 3.23. The van der Waals surface area contributed by atoms with Crippen molar-refractivity contribution in [3.63, 3.8) is 0 Å². The van der Waals surface area contributed by atoms with Crippen molar-refractivity contribution in [2.24, 2.45) is 0 Å². The average Bonchev–Trinajstić information content (AvgIpc) is 3.12. The highest BCUT2D eigenvalue weighted by Gasteiger charge is 2.12. The zero-order chi connectivity index (χ0) is 21.5. The normalized spacial score (nSPS) is 12.4. The summed E-state index contributed by atoms with van der Waals surface area (Å²) in [5.41, 5.74) is 6.56. The molecule has 0 saturated heterocycles. The monoisotopic (exact) mass is 438 g/mol. The number of benzene rings is 1. The first kappa shape index (κ1) is 22.1. The minimum Gasteiger partial charge on any atom is -0.494 e. The van der Waals surface area contributed by atoms with Crippen molar-refractivity contribution >= 4 is 25.4 Å². The lowest BCUT2D eigenvalue weighted by Crippen LogP contribution is -2.15. The second kappa shape index (κ2) is 10.4. The van der Waals surface area contributed by atoms with E-state index in [4.69, 9.17) is 19.7 Å². The first-order chi connectivity index (χ1) is 14.5. The lowest BCUT2D eigenvalue weighted by Gasteiger charge is -2.18. The number of nitrogens with zero attached hydrogens (tertiary/aromatic N) is 3. The molecule has 0 saturated carbocycles. The third-order valence-corrected chi connectivity index (χ3v) is 5.64. The second-order valence-electron chi connectivity index (χ2n) is 6.23. The summed E-state index contributed by atoms with van der Waals surface area (Å²) in [6, 6.07) is 4.72. The molecule has 4 N–H and O–H groups in total. The molecule has 0 amide bonds. The maximum atomic E-state index is 13.8. The third kappa shape index (κ3) is 5.51. The summed E-state index contributed by atoms with van der Waals surface area (Å²) >= 11 is 0. The van der Waals surface area contributed by atoms with Gasteiger partial charge in [0.2, 0.25) is 5.95 Å². The summed E-state index contributed by atoms with van der Waals surface area (Å²) in [6.45, 7) is 3.75. The highest BCUT2D eigenvalue weighted by molar-refractivity contribution is 7.50. The van der Waals surface area contributed by atoms with Gasteiger partial charge in [0, 0.05) is 6.54 Å². The van der Waals surface area contributed by atoms with E-state index in [0.717, 1.165) is 0 Å². The van der Waals surface area contributed by atoms with Gasteiger partial charge in [0.25, 0.3) is 5.56 Å². The van der Waals surface area contributed by atoms with Gasteiger partial charge in [-0.05, 0) is 24.2 Å². The molecule has 0 bridgehead atoms. The summed E-state index contributed by atoms with van der Waals surface area (Å²) < 4.78 is 32.0. The number of nitrogen functional groups attached to an aromatic ring is 1.